The molecule has 0 heterocycles. The van der Waals surface area contributed by atoms with Crippen molar-refractivity contribution in [2.45, 2.75) is 26.2 Å². The first-order valence-corrected chi connectivity index (χ1v) is 8.70. The van der Waals surface area contributed by atoms with Crippen molar-refractivity contribution in [3.05, 3.63) is 28.7 Å². The third-order valence-electron chi connectivity index (χ3n) is 4.27. The maximum atomic E-state index is 12.5. The number of aliphatic carboxylic acids is 1. The Labute approximate surface area is 144 Å². The predicted octanol–water partition coefficient (Wildman–Crippen LogP) is 3.18. The highest BCUT2D eigenvalue weighted by Gasteiger charge is 2.35. The van der Waals surface area contributed by atoms with Crippen molar-refractivity contribution in [1.29, 1.82) is 0 Å². The summed E-state index contributed by atoms with van der Waals surface area (Å²) in [7, 11) is 0. The lowest BCUT2D eigenvalue weighted by Crippen LogP contribution is -2.38. The molecule has 2 atom stereocenters. The van der Waals surface area contributed by atoms with Crippen LogP contribution in [0.15, 0.2) is 28.7 Å². The fourth-order valence-electron chi connectivity index (χ4n) is 2.92. The summed E-state index contributed by atoms with van der Waals surface area (Å²) in [5, 5.41) is 9.05. The summed E-state index contributed by atoms with van der Waals surface area (Å²) in [5.41, 5.74) is 0. The molecular weight excluding hydrogens is 362 g/mol. The van der Waals surface area contributed by atoms with Crippen molar-refractivity contribution in [2.75, 3.05) is 19.7 Å². The van der Waals surface area contributed by atoms with E-state index < -0.39 is 5.97 Å². The largest absolute Gasteiger partial charge is 0.492 e. The molecule has 0 bridgehead atoms. The number of amides is 1. The highest BCUT2D eigenvalue weighted by atomic mass is 79.9. The Morgan fingerprint density at radius 1 is 1.26 bits per heavy atom. The first-order chi connectivity index (χ1) is 11.0. The Kier molecular flexibility index (Phi) is 6.45. The second-order valence-electron chi connectivity index (χ2n) is 5.77. The molecule has 0 saturated heterocycles. The lowest BCUT2D eigenvalue weighted by molar-refractivity contribution is -0.141. The van der Waals surface area contributed by atoms with E-state index in [9.17, 15) is 9.59 Å². The molecule has 0 radical (unpaired) electrons. The molecule has 126 valence electrons. The number of carbonyl (C=O) groups is 2. The summed E-state index contributed by atoms with van der Waals surface area (Å²) >= 11 is 3.37. The number of carboxylic acid groups (broad SMARTS) is 1. The number of halogens is 1. The van der Waals surface area contributed by atoms with Crippen molar-refractivity contribution in [3.8, 4) is 5.75 Å². The summed E-state index contributed by atoms with van der Waals surface area (Å²) in [4.78, 5) is 25.3. The van der Waals surface area contributed by atoms with E-state index in [4.69, 9.17) is 9.84 Å². The van der Waals surface area contributed by atoms with Crippen LogP contribution in [0.5, 0.6) is 5.75 Å². The van der Waals surface area contributed by atoms with Crippen LogP contribution in [0, 0.1) is 11.8 Å². The molecular formula is C17H22BrNO4. The van der Waals surface area contributed by atoms with E-state index in [2.05, 4.69) is 15.9 Å². The second-order valence-corrected chi connectivity index (χ2v) is 6.68. The standard InChI is InChI=1S/C17H22BrNO4/c1-2-19(9-10-23-15-7-5-14(18)6-8-15)16(20)12-3-4-13(11-12)17(21)22/h5-8,12-13H,2-4,9-11H2,1H3,(H,21,22)/t12-,13+/m1/s1. The maximum Gasteiger partial charge on any atom is 0.306 e. The molecule has 0 spiro atoms. The smallest absolute Gasteiger partial charge is 0.306 e. The van der Waals surface area contributed by atoms with Gasteiger partial charge in [-0.2, -0.15) is 0 Å². The van der Waals surface area contributed by atoms with E-state index in [1.54, 1.807) is 4.90 Å². The van der Waals surface area contributed by atoms with Crippen LogP contribution in [-0.4, -0.2) is 41.6 Å². The molecule has 1 aromatic carbocycles. The minimum atomic E-state index is -0.790. The predicted molar refractivity (Wildman–Crippen MR) is 90.4 cm³/mol. The van der Waals surface area contributed by atoms with Gasteiger partial charge < -0.3 is 14.7 Å². The zero-order valence-corrected chi connectivity index (χ0v) is 14.8. The van der Waals surface area contributed by atoms with Gasteiger partial charge in [-0.15, -0.1) is 0 Å². The molecule has 0 unspecified atom stereocenters. The maximum absolute atomic E-state index is 12.5. The van der Waals surface area contributed by atoms with E-state index in [1.165, 1.54) is 0 Å². The summed E-state index contributed by atoms with van der Waals surface area (Å²) in [5.74, 6) is -0.508. The van der Waals surface area contributed by atoms with Crippen LogP contribution < -0.4 is 4.74 Å². The lowest BCUT2D eigenvalue weighted by Gasteiger charge is -2.24. The summed E-state index contributed by atoms with van der Waals surface area (Å²) in [6, 6.07) is 7.55. The fourth-order valence-corrected chi connectivity index (χ4v) is 3.18. The van der Waals surface area contributed by atoms with Crippen molar-refractivity contribution in [1.82, 2.24) is 4.90 Å². The number of benzene rings is 1. The Balaban J connectivity index is 1.81. The van der Waals surface area contributed by atoms with Crippen LogP contribution >= 0.6 is 15.9 Å². The summed E-state index contributed by atoms with van der Waals surface area (Å²) < 4.78 is 6.65. The van der Waals surface area contributed by atoms with Gasteiger partial charge in [0.05, 0.1) is 12.5 Å². The minimum Gasteiger partial charge on any atom is -0.492 e. The van der Waals surface area contributed by atoms with Crippen LogP contribution in [0.2, 0.25) is 0 Å². The number of likely N-dealkylation sites (N-methyl/N-ethyl adjacent to an activating group) is 1. The van der Waals surface area contributed by atoms with Gasteiger partial charge in [-0.25, -0.2) is 0 Å². The average molecular weight is 384 g/mol. The molecule has 23 heavy (non-hydrogen) atoms. The first kappa shape index (κ1) is 17.8. The van der Waals surface area contributed by atoms with Crippen LogP contribution in [0.4, 0.5) is 0 Å². The van der Waals surface area contributed by atoms with Gasteiger partial charge in [0.2, 0.25) is 5.91 Å². The fraction of sp³-hybridized carbons (Fsp3) is 0.529. The average Bonchev–Trinajstić information content (AvgIpc) is 3.03. The van der Waals surface area contributed by atoms with E-state index in [0.717, 1.165) is 10.2 Å². The zero-order valence-electron chi connectivity index (χ0n) is 13.2. The molecule has 2 rings (SSSR count). The molecule has 1 aliphatic rings. The van der Waals surface area contributed by atoms with E-state index in [0.29, 0.717) is 39.0 Å². The van der Waals surface area contributed by atoms with Gasteiger partial charge in [-0.1, -0.05) is 15.9 Å². The molecule has 1 aliphatic carbocycles. The number of carboxylic acids is 1. The number of rotatable bonds is 7. The SMILES string of the molecule is CCN(CCOc1ccc(Br)cc1)C(=O)[C@@H]1CC[C@H](C(=O)O)C1. The van der Waals surface area contributed by atoms with Crippen molar-refractivity contribution in [2.24, 2.45) is 11.8 Å². The normalized spacial score (nSPS) is 20.3. The topological polar surface area (TPSA) is 66.8 Å². The van der Waals surface area contributed by atoms with Gasteiger partial charge in [-0.3, -0.25) is 9.59 Å². The lowest BCUT2D eigenvalue weighted by atomic mass is 10.0. The molecule has 5 nitrogen and oxygen atoms in total. The van der Waals surface area contributed by atoms with Gasteiger partial charge in [0.25, 0.3) is 0 Å². The van der Waals surface area contributed by atoms with Crippen LogP contribution in [0.25, 0.3) is 0 Å². The van der Waals surface area contributed by atoms with E-state index >= 15 is 0 Å². The summed E-state index contributed by atoms with van der Waals surface area (Å²) in [6.07, 6.45) is 1.72. The molecule has 1 aromatic rings. The Morgan fingerprint density at radius 2 is 1.91 bits per heavy atom. The van der Waals surface area contributed by atoms with E-state index in [1.807, 2.05) is 31.2 Å². The molecule has 0 aliphatic heterocycles. The van der Waals surface area contributed by atoms with Crippen LogP contribution in [0.1, 0.15) is 26.2 Å². The Bertz CT molecular complexity index is 546. The van der Waals surface area contributed by atoms with Gasteiger partial charge in [-0.05, 0) is 50.5 Å². The number of ether oxygens (including phenoxy) is 1. The van der Waals surface area contributed by atoms with Gasteiger partial charge in [0.15, 0.2) is 0 Å². The number of nitrogens with zero attached hydrogens (tertiary/aromatic N) is 1. The van der Waals surface area contributed by atoms with Gasteiger partial charge >= 0.3 is 5.97 Å². The minimum absolute atomic E-state index is 0.0515. The Hall–Kier alpha value is -1.56. The molecule has 0 aromatic heterocycles. The highest BCUT2D eigenvalue weighted by molar-refractivity contribution is 9.10. The van der Waals surface area contributed by atoms with Gasteiger partial charge in [0.1, 0.15) is 12.4 Å². The van der Waals surface area contributed by atoms with Gasteiger partial charge in [0, 0.05) is 16.9 Å². The van der Waals surface area contributed by atoms with E-state index in [-0.39, 0.29) is 17.7 Å². The molecule has 1 N–H and O–H groups in total. The number of hydrogen-bond acceptors (Lipinski definition) is 3. The van der Waals surface area contributed by atoms with Crippen LogP contribution in [0.3, 0.4) is 0 Å². The summed E-state index contributed by atoms with van der Waals surface area (Å²) in [6.45, 7) is 3.48. The highest BCUT2D eigenvalue weighted by Crippen LogP contribution is 2.32. The molecule has 1 fully saturated rings. The monoisotopic (exact) mass is 383 g/mol. The number of carbonyl (C=O) groups excluding carboxylic acids is 1. The molecule has 1 saturated carbocycles. The zero-order chi connectivity index (χ0) is 16.8. The second kappa shape index (κ2) is 8.34. The van der Waals surface area contributed by atoms with Crippen molar-refractivity contribution >= 4 is 27.8 Å². The van der Waals surface area contributed by atoms with Crippen LogP contribution in [-0.2, 0) is 9.59 Å². The third kappa shape index (κ3) is 4.96. The van der Waals surface area contributed by atoms with Crippen molar-refractivity contribution in [3.63, 3.8) is 0 Å². The first-order valence-electron chi connectivity index (χ1n) is 7.91. The Morgan fingerprint density at radius 3 is 2.48 bits per heavy atom. The van der Waals surface area contributed by atoms with Crippen molar-refractivity contribution < 1.29 is 19.4 Å². The number of hydrogen-bond donors (Lipinski definition) is 1. The molecule has 6 heteroatoms. The third-order valence-corrected chi connectivity index (χ3v) is 4.80. The quantitative estimate of drug-likeness (QED) is 0.784. The molecule has 1 amide bonds.